The monoisotopic (exact) mass is 480 g/mol. The van der Waals surface area contributed by atoms with Crippen LogP contribution in [0.25, 0.3) is 11.1 Å². The van der Waals surface area contributed by atoms with Gasteiger partial charge in [0.2, 0.25) is 5.91 Å². The fraction of sp³-hybridized carbons (Fsp3) is 0.464. The minimum atomic E-state index is -0.774. The number of nitrogens with one attached hydrogen (secondary N) is 2. The van der Waals surface area contributed by atoms with Gasteiger partial charge in [0, 0.05) is 31.3 Å². The third-order valence-electron chi connectivity index (χ3n) is 6.37. The fourth-order valence-electron chi connectivity index (χ4n) is 4.66. The molecule has 3 rings (SSSR count). The lowest BCUT2D eigenvalue weighted by Gasteiger charge is -2.19. The van der Waals surface area contributed by atoms with Crippen LogP contribution in [-0.2, 0) is 14.3 Å². The zero-order chi connectivity index (χ0) is 25.0. The SMILES string of the molecule is CCC[C@@H](CC(=O)NCCCCCCC(=O)O)NC(=O)OCC1c2ccccc2-c2ccccc21. The molecule has 2 aromatic rings. The quantitative estimate of drug-likeness (QED) is 0.321. The first-order valence-corrected chi connectivity index (χ1v) is 12.6. The average Bonchev–Trinajstić information content (AvgIpc) is 3.16. The van der Waals surface area contributed by atoms with Gasteiger partial charge < -0.3 is 20.5 Å². The summed E-state index contributed by atoms with van der Waals surface area (Å²) in [5.74, 6) is -0.881. The third-order valence-corrected chi connectivity index (χ3v) is 6.37. The molecule has 0 aromatic heterocycles. The van der Waals surface area contributed by atoms with E-state index in [-0.39, 0.29) is 37.3 Å². The van der Waals surface area contributed by atoms with E-state index in [1.165, 1.54) is 11.1 Å². The van der Waals surface area contributed by atoms with E-state index in [1.54, 1.807) is 0 Å². The average molecular weight is 481 g/mol. The van der Waals surface area contributed by atoms with Gasteiger partial charge >= 0.3 is 12.1 Å². The molecule has 0 spiro atoms. The van der Waals surface area contributed by atoms with Crippen LogP contribution in [0.4, 0.5) is 4.79 Å². The maximum absolute atomic E-state index is 12.6. The van der Waals surface area contributed by atoms with E-state index in [4.69, 9.17) is 9.84 Å². The van der Waals surface area contributed by atoms with Crippen molar-refractivity contribution in [1.29, 1.82) is 0 Å². The van der Waals surface area contributed by atoms with Crippen LogP contribution in [0, 0.1) is 0 Å². The van der Waals surface area contributed by atoms with Gasteiger partial charge in [0.25, 0.3) is 0 Å². The summed E-state index contributed by atoms with van der Waals surface area (Å²) in [5, 5.41) is 14.4. The topological polar surface area (TPSA) is 105 Å². The van der Waals surface area contributed by atoms with Crippen LogP contribution in [0.5, 0.6) is 0 Å². The highest BCUT2D eigenvalue weighted by Crippen LogP contribution is 2.44. The number of unbranched alkanes of at least 4 members (excludes halogenated alkanes) is 3. The normalized spacial score (nSPS) is 12.9. The number of carboxylic acid groups (broad SMARTS) is 1. The molecule has 1 aliphatic rings. The Labute approximate surface area is 207 Å². The van der Waals surface area contributed by atoms with Gasteiger partial charge in [-0.05, 0) is 41.5 Å². The van der Waals surface area contributed by atoms with Crippen LogP contribution in [0.2, 0.25) is 0 Å². The van der Waals surface area contributed by atoms with Crippen molar-refractivity contribution in [2.45, 2.75) is 70.3 Å². The second kappa shape index (κ2) is 13.5. The lowest BCUT2D eigenvalue weighted by Crippen LogP contribution is -2.40. The Hall–Kier alpha value is -3.35. The number of carbonyl (C=O) groups excluding carboxylic acids is 2. The van der Waals surface area contributed by atoms with Crippen molar-refractivity contribution < 1.29 is 24.2 Å². The number of ether oxygens (including phenoxy) is 1. The number of aliphatic carboxylic acids is 1. The van der Waals surface area contributed by atoms with Gasteiger partial charge in [-0.3, -0.25) is 9.59 Å². The molecular weight excluding hydrogens is 444 g/mol. The van der Waals surface area contributed by atoms with E-state index in [2.05, 4.69) is 34.9 Å². The third kappa shape index (κ3) is 7.84. The van der Waals surface area contributed by atoms with Gasteiger partial charge in [-0.1, -0.05) is 74.7 Å². The van der Waals surface area contributed by atoms with E-state index in [1.807, 2.05) is 31.2 Å². The van der Waals surface area contributed by atoms with Gasteiger partial charge in [-0.2, -0.15) is 0 Å². The molecule has 35 heavy (non-hydrogen) atoms. The first-order valence-electron chi connectivity index (χ1n) is 12.6. The van der Waals surface area contributed by atoms with E-state index in [0.29, 0.717) is 19.4 Å². The number of carbonyl (C=O) groups is 3. The van der Waals surface area contributed by atoms with Crippen molar-refractivity contribution in [1.82, 2.24) is 10.6 Å². The van der Waals surface area contributed by atoms with Crippen LogP contribution in [0.3, 0.4) is 0 Å². The van der Waals surface area contributed by atoms with E-state index in [0.717, 1.165) is 36.8 Å². The molecule has 2 amide bonds. The molecule has 3 N–H and O–H groups in total. The van der Waals surface area contributed by atoms with Gasteiger partial charge in [-0.15, -0.1) is 0 Å². The smallest absolute Gasteiger partial charge is 0.407 e. The fourth-order valence-corrected chi connectivity index (χ4v) is 4.66. The highest BCUT2D eigenvalue weighted by atomic mass is 16.5. The molecular formula is C28H36N2O5. The largest absolute Gasteiger partial charge is 0.481 e. The highest BCUT2D eigenvalue weighted by Gasteiger charge is 2.29. The number of benzene rings is 2. The van der Waals surface area contributed by atoms with Crippen molar-refractivity contribution in [2.24, 2.45) is 0 Å². The predicted molar refractivity (Wildman–Crippen MR) is 135 cm³/mol. The lowest BCUT2D eigenvalue weighted by atomic mass is 9.98. The molecule has 7 nitrogen and oxygen atoms in total. The number of hydrogen-bond acceptors (Lipinski definition) is 4. The maximum Gasteiger partial charge on any atom is 0.407 e. The molecule has 2 aromatic carbocycles. The standard InChI is InChI=1S/C28H36N2O5/c1-2-11-20(18-26(31)29-17-10-4-3-5-16-27(32)33)30-28(34)35-19-25-23-14-8-6-12-21(23)22-13-7-9-15-24(22)25/h6-9,12-15,20,25H,2-5,10-11,16-19H2,1H3,(H,29,31)(H,30,34)(H,32,33)/t20-/m0/s1. The number of rotatable bonds is 14. The summed E-state index contributed by atoms with van der Waals surface area (Å²) in [4.78, 5) is 35.5. The molecule has 0 aliphatic heterocycles. The number of alkyl carbamates (subject to hydrolysis) is 1. The summed E-state index contributed by atoms with van der Waals surface area (Å²) in [6.45, 7) is 2.81. The number of amides is 2. The van der Waals surface area contributed by atoms with Crippen LogP contribution in [0.15, 0.2) is 48.5 Å². The maximum atomic E-state index is 12.6. The lowest BCUT2D eigenvalue weighted by molar-refractivity contribution is -0.137. The minimum absolute atomic E-state index is 0.00317. The Morgan fingerprint density at radius 2 is 1.57 bits per heavy atom. The van der Waals surface area contributed by atoms with Crippen LogP contribution in [-0.4, -0.2) is 42.3 Å². The first kappa shape index (κ1) is 26.3. The van der Waals surface area contributed by atoms with Crippen molar-refractivity contribution >= 4 is 18.0 Å². The van der Waals surface area contributed by atoms with Gasteiger partial charge in [0.1, 0.15) is 6.61 Å². The van der Waals surface area contributed by atoms with Crippen LogP contribution < -0.4 is 10.6 Å². The van der Waals surface area contributed by atoms with Crippen molar-refractivity contribution in [3.8, 4) is 11.1 Å². The Kier molecular flexibility index (Phi) is 10.1. The summed E-state index contributed by atoms with van der Waals surface area (Å²) in [5.41, 5.74) is 4.68. The Morgan fingerprint density at radius 1 is 0.943 bits per heavy atom. The zero-order valence-electron chi connectivity index (χ0n) is 20.4. The molecule has 0 heterocycles. The molecule has 7 heteroatoms. The van der Waals surface area contributed by atoms with Crippen LogP contribution in [0.1, 0.15) is 75.3 Å². The molecule has 0 saturated heterocycles. The molecule has 0 fully saturated rings. The van der Waals surface area contributed by atoms with E-state index in [9.17, 15) is 14.4 Å². The molecule has 0 radical (unpaired) electrons. The first-order chi connectivity index (χ1) is 17.0. The molecule has 0 unspecified atom stereocenters. The minimum Gasteiger partial charge on any atom is -0.481 e. The summed E-state index contributed by atoms with van der Waals surface area (Å²) in [6.07, 6.45) is 4.60. The Bertz CT molecular complexity index is 961. The summed E-state index contributed by atoms with van der Waals surface area (Å²) < 4.78 is 5.63. The summed E-state index contributed by atoms with van der Waals surface area (Å²) in [6, 6.07) is 16.1. The van der Waals surface area contributed by atoms with Gasteiger partial charge in [0.15, 0.2) is 0 Å². The van der Waals surface area contributed by atoms with Gasteiger partial charge in [0.05, 0.1) is 0 Å². The zero-order valence-corrected chi connectivity index (χ0v) is 20.4. The highest BCUT2D eigenvalue weighted by molar-refractivity contribution is 5.79. The van der Waals surface area contributed by atoms with Gasteiger partial charge in [-0.25, -0.2) is 4.79 Å². The molecule has 1 aliphatic carbocycles. The van der Waals surface area contributed by atoms with Crippen LogP contribution >= 0.6 is 0 Å². The predicted octanol–water partition coefficient (Wildman–Crippen LogP) is 5.24. The second-order valence-corrected chi connectivity index (χ2v) is 9.07. The summed E-state index contributed by atoms with van der Waals surface area (Å²) in [7, 11) is 0. The van der Waals surface area contributed by atoms with E-state index < -0.39 is 12.1 Å². The summed E-state index contributed by atoms with van der Waals surface area (Å²) >= 11 is 0. The van der Waals surface area contributed by atoms with Crippen molar-refractivity contribution in [2.75, 3.05) is 13.2 Å². The Balaban J connectivity index is 1.43. The van der Waals surface area contributed by atoms with Crippen molar-refractivity contribution in [3.05, 3.63) is 59.7 Å². The second-order valence-electron chi connectivity index (χ2n) is 9.07. The molecule has 0 bridgehead atoms. The molecule has 188 valence electrons. The van der Waals surface area contributed by atoms with Crippen molar-refractivity contribution in [3.63, 3.8) is 0 Å². The van der Waals surface area contributed by atoms with E-state index >= 15 is 0 Å². The number of fused-ring (bicyclic) bond motifs is 3. The molecule has 0 saturated carbocycles. The number of hydrogen-bond donors (Lipinski definition) is 3. The number of carboxylic acids is 1. The Morgan fingerprint density at radius 3 is 2.20 bits per heavy atom. The molecule has 1 atom stereocenters.